The van der Waals surface area contributed by atoms with E-state index in [1.54, 1.807) is 11.1 Å². The molecule has 0 saturated carbocycles. The highest BCUT2D eigenvalue weighted by molar-refractivity contribution is 5.46. The van der Waals surface area contributed by atoms with Gasteiger partial charge in [0.1, 0.15) is 0 Å². The third-order valence-electron chi connectivity index (χ3n) is 2.87. The zero-order valence-electron chi connectivity index (χ0n) is 7.92. The molecule has 1 N–H and O–H groups in total. The van der Waals surface area contributed by atoms with Crippen molar-refractivity contribution in [3.05, 3.63) is 34.9 Å². The Bertz CT molecular complexity index is 281. The van der Waals surface area contributed by atoms with Crippen molar-refractivity contribution in [3.63, 3.8) is 0 Å². The molecule has 0 saturated heterocycles. The van der Waals surface area contributed by atoms with E-state index in [0.717, 1.165) is 32.1 Å². The van der Waals surface area contributed by atoms with Gasteiger partial charge in [0.2, 0.25) is 0 Å². The van der Waals surface area contributed by atoms with Crippen LogP contribution in [-0.2, 0) is 0 Å². The van der Waals surface area contributed by atoms with Gasteiger partial charge in [0, 0.05) is 6.61 Å². The van der Waals surface area contributed by atoms with Crippen LogP contribution in [0.2, 0.25) is 0 Å². The molecule has 70 valence electrons. The molecule has 0 amide bonds. The summed E-state index contributed by atoms with van der Waals surface area (Å²) in [6.45, 7) is 0.315. The highest BCUT2D eigenvalue weighted by atomic mass is 16.2. The lowest BCUT2D eigenvalue weighted by atomic mass is 9.94. The Balaban J connectivity index is 2.02. The van der Waals surface area contributed by atoms with Crippen LogP contribution in [0.3, 0.4) is 0 Å². The molecule has 2 aliphatic carbocycles. The van der Waals surface area contributed by atoms with E-state index in [1.807, 2.05) is 0 Å². The molecule has 0 atom stereocenters. The van der Waals surface area contributed by atoms with Crippen molar-refractivity contribution in [1.82, 2.24) is 0 Å². The molecule has 0 bridgehead atoms. The van der Waals surface area contributed by atoms with Gasteiger partial charge in [-0.15, -0.1) is 0 Å². The van der Waals surface area contributed by atoms with Crippen molar-refractivity contribution >= 4 is 0 Å². The monoisotopic (exact) mass is 176 g/mol. The number of aliphatic hydroxyl groups excluding tert-OH is 1. The summed E-state index contributed by atoms with van der Waals surface area (Å²) in [6.07, 6.45) is 12.3. The van der Waals surface area contributed by atoms with Gasteiger partial charge in [-0.1, -0.05) is 23.8 Å². The summed E-state index contributed by atoms with van der Waals surface area (Å²) >= 11 is 0. The minimum Gasteiger partial charge on any atom is -0.396 e. The van der Waals surface area contributed by atoms with Gasteiger partial charge < -0.3 is 5.11 Å². The predicted octanol–water partition coefficient (Wildman–Crippen LogP) is 2.74. The van der Waals surface area contributed by atoms with Gasteiger partial charge in [0.05, 0.1) is 0 Å². The van der Waals surface area contributed by atoms with Gasteiger partial charge in [0.15, 0.2) is 0 Å². The Morgan fingerprint density at radius 3 is 2.85 bits per heavy atom. The number of hydrogen-bond donors (Lipinski definition) is 1. The molecule has 1 nitrogen and oxygen atoms in total. The van der Waals surface area contributed by atoms with Crippen molar-refractivity contribution in [3.8, 4) is 0 Å². The van der Waals surface area contributed by atoms with Crippen LogP contribution >= 0.6 is 0 Å². The molecule has 0 unspecified atom stereocenters. The lowest BCUT2D eigenvalue weighted by Gasteiger charge is -2.12. The zero-order chi connectivity index (χ0) is 9.10. The smallest absolute Gasteiger partial charge is 0.0434 e. The summed E-state index contributed by atoms with van der Waals surface area (Å²) < 4.78 is 0. The standard InChI is InChI=1S/C12H16O/c13-9-3-5-11-8-7-10-4-1-2-6-12(10)11/h1-2,8,13H,3-7,9H2. The molecule has 0 radical (unpaired) electrons. The van der Waals surface area contributed by atoms with Gasteiger partial charge >= 0.3 is 0 Å². The van der Waals surface area contributed by atoms with Crippen molar-refractivity contribution < 1.29 is 5.11 Å². The molecular formula is C12H16O. The quantitative estimate of drug-likeness (QED) is 0.655. The maximum Gasteiger partial charge on any atom is 0.0434 e. The number of rotatable bonds is 3. The van der Waals surface area contributed by atoms with E-state index in [1.165, 1.54) is 5.57 Å². The summed E-state index contributed by atoms with van der Waals surface area (Å²) in [5.41, 5.74) is 4.67. The third-order valence-corrected chi connectivity index (χ3v) is 2.87. The Morgan fingerprint density at radius 2 is 2.00 bits per heavy atom. The lowest BCUT2D eigenvalue weighted by molar-refractivity contribution is 0.288. The second kappa shape index (κ2) is 3.93. The maximum atomic E-state index is 8.77. The first-order chi connectivity index (χ1) is 6.42. The van der Waals surface area contributed by atoms with Gasteiger partial charge in [-0.2, -0.15) is 0 Å². The minimum absolute atomic E-state index is 0.315. The van der Waals surface area contributed by atoms with E-state index in [2.05, 4.69) is 18.2 Å². The highest BCUT2D eigenvalue weighted by Gasteiger charge is 2.16. The normalized spacial score (nSPS) is 20.5. The van der Waals surface area contributed by atoms with Gasteiger partial charge in [0.25, 0.3) is 0 Å². The summed E-state index contributed by atoms with van der Waals surface area (Å²) in [5, 5.41) is 8.77. The first-order valence-corrected chi connectivity index (χ1v) is 5.08. The van der Waals surface area contributed by atoms with Crippen LogP contribution in [0.1, 0.15) is 32.1 Å². The Morgan fingerprint density at radius 1 is 1.15 bits per heavy atom. The summed E-state index contributed by atoms with van der Waals surface area (Å²) in [6, 6.07) is 0. The molecule has 0 heterocycles. The molecule has 0 spiro atoms. The van der Waals surface area contributed by atoms with Gasteiger partial charge in [-0.05, 0) is 43.3 Å². The van der Waals surface area contributed by atoms with Crippen LogP contribution in [0.25, 0.3) is 0 Å². The first-order valence-electron chi connectivity index (χ1n) is 5.08. The van der Waals surface area contributed by atoms with E-state index < -0.39 is 0 Å². The maximum absolute atomic E-state index is 8.77. The first kappa shape index (κ1) is 8.76. The van der Waals surface area contributed by atoms with Crippen LogP contribution in [0.15, 0.2) is 34.9 Å². The Labute approximate surface area is 79.5 Å². The van der Waals surface area contributed by atoms with E-state index >= 15 is 0 Å². The molecule has 2 aliphatic rings. The molecule has 0 aromatic carbocycles. The molecule has 0 fully saturated rings. The SMILES string of the molecule is OCCCC1=CCC2=C1CC=CC2. The number of allylic oxidation sites excluding steroid dienone is 6. The third kappa shape index (κ3) is 1.75. The number of aliphatic hydroxyl groups is 1. The molecule has 2 rings (SSSR count). The van der Waals surface area contributed by atoms with Gasteiger partial charge in [-0.3, -0.25) is 0 Å². The summed E-state index contributed by atoms with van der Waals surface area (Å²) in [4.78, 5) is 0. The largest absolute Gasteiger partial charge is 0.396 e. The zero-order valence-corrected chi connectivity index (χ0v) is 7.92. The highest BCUT2D eigenvalue weighted by Crippen LogP contribution is 2.36. The van der Waals surface area contributed by atoms with Crippen molar-refractivity contribution in [2.24, 2.45) is 0 Å². The van der Waals surface area contributed by atoms with E-state index in [4.69, 9.17) is 5.11 Å². The molecule has 0 aromatic heterocycles. The Hall–Kier alpha value is -0.820. The molecular weight excluding hydrogens is 160 g/mol. The molecule has 13 heavy (non-hydrogen) atoms. The van der Waals surface area contributed by atoms with Crippen molar-refractivity contribution in [1.29, 1.82) is 0 Å². The molecule has 0 aromatic rings. The van der Waals surface area contributed by atoms with Crippen LogP contribution in [0, 0.1) is 0 Å². The second-order valence-electron chi connectivity index (χ2n) is 3.72. The molecule has 0 aliphatic heterocycles. The average Bonchev–Trinajstić information content (AvgIpc) is 2.58. The topological polar surface area (TPSA) is 20.2 Å². The van der Waals surface area contributed by atoms with Crippen LogP contribution in [0.4, 0.5) is 0 Å². The summed E-state index contributed by atoms with van der Waals surface area (Å²) in [5.74, 6) is 0. The fourth-order valence-corrected chi connectivity index (χ4v) is 2.15. The average molecular weight is 176 g/mol. The van der Waals surface area contributed by atoms with E-state index in [-0.39, 0.29) is 0 Å². The predicted molar refractivity (Wildman–Crippen MR) is 54.4 cm³/mol. The van der Waals surface area contributed by atoms with Gasteiger partial charge in [-0.25, -0.2) is 0 Å². The van der Waals surface area contributed by atoms with Crippen LogP contribution in [0.5, 0.6) is 0 Å². The number of hydrogen-bond acceptors (Lipinski definition) is 1. The van der Waals surface area contributed by atoms with Crippen LogP contribution in [-0.4, -0.2) is 11.7 Å². The van der Waals surface area contributed by atoms with E-state index in [9.17, 15) is 0 Å². The minimum atomic E-state index is 0.315. The summed E-state index contributed by atoms with van der Waals surface area (Å²) in [7, 11) is 0. The molecule has 1 heteroatoms. The van der Waals surface area contributed by atoms with Crippen molar-refractivity contribution in [2.75, 3.05) is 6.61 Å². The lowest BCUT2D eigenvalue weighted by Crippen LogP contribution is -1.94. The fraction of sp³-hybridized carbons (Fsp3) is 0.500. The van der Waals surface area contributed by atoms with Crippen LogP contribution < -0.4 is 0 Å². The second-order valence-corrected chi connectivity index (χ2v) is 3.72. The van der Waals surface area contributed by atoms with Crippen molar-refractivity contribution in [2.45, 2.75) is 32.1 Å². The Kier molecular flexibility index (Phi) is 2.65. The fourth-order valence-electron chi connectivity index (χ4n) is 2.15. The van der Waals surface area contributed by atoms with E-state index in [0.29, 0.717) is 6.61 Å².